The van der Waals surface area contributed by atoms with E-state index in [4.69, 9.17) is 5.11 Å². The van der Waals surface area contributed by atoms with Gasteiger partial charge in [0.15, 0.2) is 5.69 Å². The first-order valence-electron chi connectivity index (χ1n) is 5.81. The highest BCUT2D eigenvalue weighted by molar-refractivity contribution is 8.00. The number of thiazole rings is 1. The lowest BCUT2D eigenvalue weighted by Gasteiger charge is -2.16. The number of amides is 2. The van der Waals surface area contributed by atoms with Gasteiger partial charge in [-0.2, -0.15) is 0 Å². The van der Waals surface area contributed by atoms with Gasteiger partial charge in [0.2, 0.25) is 11.8 Å². The zero-order valence-corrected chi connectivity index (χ0v) is 12.3. The molecule has 1 atom stereocenters. The number of nitrogens with zero attached hydrogens (tertiary/aromatic N) is 2. The van der Waals surface area contributed by atoms with Gasteiger partial charge in [-0.25, -0.2) is 9.78 Å². The Hall–Kier alpha value is -1.61. The number of rotatable bonds is 5. The molecular formula is C11H13N3O4S2. The maximum Gasteiger partial charge on any atom is 0.355 e. The van der Waals surface area contributed by atoms with Crippen LogP contribution in [-0.2, 0) is 9.59 Å². The van der Waals surface area contributed by atoms with Crippen molar-refractivity contribution in [2.24, 2.45) is 0 Å². The Balaban J connectivity index is 1.89. The number of aromatic carboxylic acids is 1. The third-order valence-electron chi connectivity index (χ3n) is 2.65. The van der Waals surface area contributed by atoms with Gasteiger partial charge in [-0.15, -0.1) is 23.1 Å². The number of carboxylic acids is 1. The summed E-state index contributed by atoms with van der Waals surface area (Å²) in [4.78, 5) is 39.4. The molecule has 1 unspecified atom stereocenters. The molecule has 1 saturated heterocycles. The minimum absolute atomic E-state index is 0.0212. The SMILES string of the molecule is CC(NC(=O)CN1CSCC1=O)c1nc(C(=O)O)cs1. The fraction of sp³-hybridized carbons (Fsp3) is 0.455. The van der Waals surface area contributed by atoms with Crippen LogP contribution in [-0.4, -0.2) is 50.9 Å². The lowest BCUT2D eigenvalue weighted by molar-refractivity contribution is -0.132. The lowest BCUT2D eigenvalue weighted by atomic mass is 10.3. The predicted octanol–water partition coefficient (Wildman–Crippen LogP) is 0.551. The minimum atomic E-state index is -1.09. The summed E-state index contributed by atoms with van der Waals surface area (Å²) in [7, 11) is 0. The van der Waals surface area contributed by atoms with Gasteiger partial charge in [-0.05, 0) is 6.92 Å². The number of carboxylic acid groups (broad SMARTS) is 1. The monoisotopic (exact) mass is 315 g/mol. The summed E-state index contributed by atoms with van der Waals surface area (Å²) in [5.74, 6) is -0.468. The molecule has 0 saturated carbocycles. The molecule has 0 aliphatic carbocycles. The molecule has 1 fully saturated rings. The van der Waals surface area contributed by atoms with Crippen molar-refractivity contribution in [3.05, 3.63) is 16.1 Å². The van der Waals surface area contributed by atoms with E-state index in [1.54, 1.807) is 6.92 Å². The third-order valence-corrected chi connectivity index (χ3v) is 4.62. The fourth-order valence-corrected chi connectivity index (χ4v) is 3.35. The summed E-state index contributed by atoms with van der Waals surface area (Å²) in [6.07, 6.45) is 0. The van der Waals surface area contributed by atoms with Crippen LogP contribution in [0.3, 0.4) is 0 Å². The summed E-state index contributed by atoms with van der Waals surface area (Å²) < 4.78 is 0. The minimum Gasteiger partial charge on any atom is -0.476 e. The highest BCUT2D eigenvalue weighted by atomic mass is 32.2. The Morgan fingerprint density at radius 2 is 2.35 bits per heavy atom. The van der Waals surface area contributed by atoms with Crippen LogP contribution < -0.4 is 5.32 Å². The summed E-state index contributed by atoms with van der Waals surface area (Å²) in [6.45, 7) is 1.75. The first-order chi connectivity index (χ1) is 9.47. The number of thioether (sulfide) groups is 1. The molecule has 108 valence electrons. The van der Waals surface area contributed by atoms with E-state index in [0.29, 0.717) is 16.6 Å². The second-order valence-electron chi connectivity index (χ2n) is 4.23. The summed E-state index contributed by atoms with van der Waals surface area (Å²) in [5.41, 5.74) is -0.0304. The topological polar surface area (TPSA) is 99.6 Å². The Morgan fingerprint density at radius 3 is 2.90 bits per heavy atom. The molecular weight excluding hydrogens is 302 g/mol. The number of carbonyl (C=O) groups excluding carboxylic acids is 2. The number of hydrogen-bond acceptors (Lipinski definition) is 6. The van der Waals surface area contributed by atoms with Gasteiger partial charge in [0.25, 0.3) is 0 Å². The number of hydrogen-bond donors (Lipinski definition) is 2. The molecule has 1 aliphatic rings. The largest absolute Gasteiger partial charge is 0.476 e. The molecule has 9 heteroatoms. The highest BCUT2D eigenvalue weighted by Gasteiger charge is 2.24. The van der Waals surface area contributed by atoms with E-state index in [-0.39, 0.29) is 30.1 Å². The van der Waals surface area contributed by atoms with E-state index in [2.05, 4.69) is 10.3 Å². The van der Waals surface area contributed by atoms with Crippen molar-refractivity contribution in [1.82, 2.24) is 15.2 Å². The van der Waals surface area contributed by atoms with Gasteiger partial charge < -0.3 is 15.3 Å². The number of nitrogens with one attached hydrogen (secondary N) is 1. The molecule has 2 rings (SSSR count). The molecule has 20 heavy (non-hydrogen) atoms. The van der Waals surface area contributed by atoms with Crippen LogP contribution in [0.4, 0.5) is 0 Å². The average Bonchev–Trinajstić information content (AvgIpc) is 2.99. The molecule has 0 spiro atoms. The van der Waals surface area contributed by atoms with E-state index in [1.807, 2.05) is 0 Å². The Morgan fingerprint density at radius 1 is 1.60 bits per heavy atom. The number of aromatic nitrogens is 1. The van der Waals surface area contributed by atoms with Crippen molar-refractivity contribution >= 4 is 40.9 Å². The fourth-order valence-electron chi connectivity index (χ4n) is 1.65. The van der Waals surface area contributed by atoms with Crippen molar-refractivity contribution in [3.8, 4) is 0 Å². The third kappa shape index (κ3) is 3.48. The molecule has 0 bridgehead atoms. The normalized spacial score (nSPS) is 16.2. The maximum atomic E-state index is 11.8. The van der Waals surface area contributed by atoms with Crippen LogP contribution in [0.2, 0.25) is 0 Å². The second-order valence-corrected chi connectivity index (χ2v) is 6.08. The van der Waals surface area contributed by atoms with E-state index in [0.717, 1.165) is 0 Å². The Kier molecular flexibility index (Phi) is 4.61. The second kappa shape index (κ2) is 6.23. The molecule has 7 nitrogen and oxygen atoms in total. The smallest absolute Gasteiger partial charge is 0.355 e. The van der Waals surface area contributed by atoms with E-state index in [1.165, 1.54) is 33.4 Å². The zero-order chi connectivity index (χ0) is 14.7. The predicted molar refractivity (Wildman–Crippen MR) is 74.7 cm³/mol. The van der Waals surface area contributed by atoms with Crippen molar-refractivity contribution in [3.63, 3.8) is 0 Å². The molecule has 2 heterocycles. The van der Waals surface area contributed by atoms with Gasteiger partial charge in [0, 0.05) is 5.38 Å². The van der Waals surface area contributed by atoms with Crippen molar-refractivity contribution in [2.45, 2.75) is 13.0 Å². The Labute approximate surface area is 123 Å². The molecule has 0 aromatic carbocycles. The summed E-state index contributed by atoms with van der Waals surface area (Å²) in [5, 5.41) is 13.5. The molecule has 2 N–H and O–H groups in total. The molecule has 1 aromatic heterocycles. The van der Waals surface area contributed by atoms with Crippen molar-refractivity contribution < 1.29 is 19.5 Å². The van der Waals surface area contributed by atoms with Crippen molar-refractivity contribution in [1.29, 1.82) is 0 Å². The lowest BCUT2D eigenvalue weighted by Crippen LogP contribution is -2.39. The van der Waals surface area contributed by atoms with Crippen LogP contribution in [0.15, 0.2) is 5.38 Å². The van der Waals surface area contributed by atoms with Crippen LogP contribution in [0.5, 0.6) is 0 Å². The van der Waals surface area contributed by atoms with Crippen molar-refractivity contribution in [2.75, 3.05) is 18.2 Å². The molecule has 2 amide bonds. The zero-order valence-electron chi connectivity index (χ0n) is 10.7. The molecule has 0 radical (unpaired) electrons. The van der Waals surface area contributed by atoms with E-state index in [9.17, 15) is 14.4 Å². The summed E-state index contributed by atoms with van der Waals surface area (Å²) in [6, 6.07) is -0.383. The van der Waals surface area contributed by atoms with Crippen LogP contribution in [0.1, 0.15) is 28.5 Å². The van der Waals surface area contributed by atoms with Gasteiger partial charge in [-0.3, -0.25) is 9.59 Å². The molecule has 1 aliphatic heterocycles. The molecule has 1 aromatic rings. The first-order valence-corrected chi connectivity index (χ1v) is 7.84. The standard InChI is InChI=1S/C11H13N3O4S2/c1-6(10-13-7(3-20-10)11(17)18)12-8(15)2-14-5-19-4-9(14)16/h3,6H,2,4-5H2,1H3,(H,12,15)(H,17,18). The average molecular weight is 315 g/mol. The summed E-state index contributed by atoms with van der Waals surface area (Å²) >= 11 is 2.65. The van der Waals surface area contributed by atoms with E-state index >= 15 is 0 Å². The first kappa shape index (κ1) is 14.8. The van der Waals surface area contributed by atoms with Gasteiger partial charge in [0.05, 0.1) is 17.7 Å². The van der Waals surface area contributed by atoms with Gasteiger partial charge in [0.1, 0.15) is 11.6 Å². The Bertz CT molecular complexity index is 546. The number of carbonyl (C=O) groups is 3. The quantitative estimate of drug-likeness (QED) is 0.823. The maximum absolute atomic E-state index is 11.8. The van der Waals surface area contributed by atoms with Crippen LogP contribution >= 0.6 is 23.1 Å². The van der Waals surface area contributed by atoms with Crippen LogP contribution in [0.25, 0.3) is 0 Å². The van der Waals surface area contributed by atoms with Gasteiger partial charge in [-0.1, -0.05) is 0 Å². The van der Waals surface area contributed by atoms with Crippen LogP contribution in [0, 0.1) is 0 Å². The van der Waals surface area contributed by atoms with E-state index < -0.39 is 5.97 Å². The van der Waals surface area contributed by atoms with Gasteiger partial charge >= 0.3 is 5.97 Å². The highest BCUT2D eigenvalue weighted by Crippen LogP contribution is 2.18.